The molecule has 0 nitrogen and oxygen atoms in total. The zero-order valence-electron chi connectivity index (χ0n) is 5.42. The average molecular weight is 178 g/mol. The summed E-state index contributed by atoms with van der Waals surface area (Å²) in [6, 6.07) is 0. The van der Waals surface area contributed by atoms with Crippen LogP contribution >= 0.6 is 35.3 Å². The molecule has 0 aromatic rings. The lowest BCUT2D eigenvalue weighted by Gasteiger charge is -2.42. The Morgan fingerprint density at radius 1 is 1.11 bits per heavy atom. The zero-order chi connectivity index (χ0) is 6.32. The molecule has 3 heteroatoms. The lowest BCUT2D eigenvalue weighted by molar-refractivity contribution is 0.497. The van der Waals surface area contributed by atoms with Gasteiger partial charge in [0, 0.05) is 17.3 Å². The van der Waals surface area contributed by atoms with E-state index in [0.29, 0.717) is 5.41 Å². The van der Waals surface area contributed by atoms with Gasteiger partial charge in [0.15, 0.2) is 0 Å². The fraction of sp³-hybridized carbons (Fsp3) is 1.00. The second-order valence-electron chi connectivity index (χ2n) is 3.03. The smallest absolute Gasteiger partial charge is 0.0956 e. The topological polar surface area (TPSA) is 0 Å². The van der Waals surface area contributed by atoms with Crippen LogP contribution < -0.4 is 0 Å². The molecule has 3 aliphatic rings. The summed E-state index contributed by atoms with van der Waals surface area (Å²) >= 11 is 6.41. The van der Waals surface area contributed by atoms with E-state index in [4.69, 9.17) is 0 Å². The van der Waals surface area contributed by atoms with Crippen LogP contribution in [0, 0.1) is 5.41 Å². The molecule has 3 rings (SSSR count). The molecule has 0 aromatic carbocycles. The molecular formula is C6H10S3. The molecular weight excluding hydrogens is 168 g/mol. The first kappa shape index (κ1) is 6.74. The Morgan fingerprint density at radius 3 is 1.78 bits per heavy atom. The van der Waals surface area contributed by atoms with Crippen molar-refractivity contribution in [3.63, 3.8) is 0 Å². The molecule has 3 aliphatic heterocycles. The molecule has 0 radical (unpaired) electrons. The number of fused-ring (bicyclic) bond motifs is 3. The van der Waals surface area contributed by atoms with E-state index in [0.717, 1.165) is 3.91 Å². The minimum absolute atomic E-state index is 0.675. The van der Waals surface area contributed by atoms with Gasteiger partial charge in [-0.15, -0.1) is 35.3 Å². The maximum absolute atomic E-state index is 2.41. The average Bonchev–Trinajstić information content (AvgIpc) is 1.90. The third-order valence-electron chi connectivity index (χ3n) is 1.70. The van der Waals surface area contributed by atoms with Gasteiger partial charge in [0.2, 0.25) is 0 Å². The van der Waals surface area contributed by atoms with Crippen LogP contribution in [0.3, 0.4) is 0 Å². The van der Waals surface area contributed by atoms with Crippen LogP contribution in [-0.2, 0) is 0 Å². The largest absolute Gasteiger partial charge is 0.136 e. The highest BCUT2D eigenvalue weighted by molar-refractivity contribution is 8.33. The quantitative estimate of drug-likeness (QED) is 0.559. The van der Waals surface area contributed by atoms with Crippen LogP contribution in [0.5, 0.6) is 0 Å². The Kier molecular flexibility index (Phi) is 1.71. The van der Waals surface area contributed by atoms with Crippen molar-refractivity contribution in [1.82, 2.24) is 0 Å². The molecule has 0 aliphatic carbocycles. The summed E-state index contributed by atoms with van der Waals surface area (Å²) < 4.78 is 0.881. The number of hydrogen-bond donors (Lipinski definition) is 0. The highest BCUT2D eigenvalue weighted by Gasteiger charge is 2.38. The third kappa shape index (κ3) is 1.24. The Balaban J connectivity index is 2.11. The molecule has 3 saturated heterocycles. The van der Waals surface area contributed by atoms with Crippen LogP contribution in [-0.4, -0.2) is 21.2 Å². The number of thioether (sulfide) groups is 3. The summed E-state index contributed by atoms with van der Waals surface area (Å²) in [5, 5.41) is 0. The molecule has 0 N–H and O–H groups in total. The van der Waals surface area contributed by atoms with Crippen LogP contribution in [0.1, 0.15) is 6.92 Å². The first-order chi connectivity index (χ1) is 4.29. The van der Waals surface area contributed by atoms with E-state index in [2.05, 4.69) is 42.2 Å². The van der Waals surface area contributed by atoms with E-state index in [1.807, 2.05) is 0 Å². The van der Waals surface area contributed by atoms with Crippen molar-refractivity contribution in [3.8, 4) is 0 Å². The van der Waals surface area contributed by atoms with Gasteiger partial charge >= 0.3 is 0 Å². The predicted octanol–water partition coefficient (Wildman–Crippen LogP) is 2.50. The normalized spacial score (nSPS) is 49.7. The van der Waals surface area contributed by atoms with Crippen LogP contribution in [0.2, 0.25) is 0 Å². The fourth-order valence-electron chi connectivity index (χ4n) is 1.08. The maximum Gasteiger partial charge on any atom is 0.0956 e. The maximum atomic E-state index is 2.41. The minimum Gasteiger partial charge on any atom is -0.136 e. The van der Waals surface area contributed by atoms with Crippen molar-refractivity contribution < 1.29 is 0 Å². The molecule has 9 heavy (non-hydrogen) atoms. The summed E-state index contributed by atoms with van der Waals surface area (Å²) in [6.45, 7) is 2.41. The Labute approximate surface area is 68.9 Å². The molecule has 0 unspecified atom stereocenters. The summed E-state index contributed by atoms with van der Waals surface area (Å²) in [5.41, 5.74) is 0.675. The summed E-state index contributed by atoms with van der Waals surface area (Å²) in [7, 11) is 0. The van der Waals surface area contributed by atoms with E-state index in [1.54, 1.807) is 0 Å². The SMILES string of the molecule is CC12CSC(SC1)SC2. The molecule has 0 aromatic heterocycles. The zero-order valence-corrected chi connectivity index (χ0v) is 7.87. The molecule has 3 heterocycles. The van der Waals surface area contributed by atoms with Gasteiger partial charge in [-0.3, -0.25) is 0 Å². The van der Waals surface area contributed by atoms with Crippen molar-refractivity contribution in [3.05, 3.63) is 0 Å². The molecule has 0 saturated carbocycles. The highest BCUT2D eigenvalue weighted by Crippen LogP contribution is 2.53. The number of hydrogen-bond acceptors (Lipinski definition) is 3. The van der Waals surface area contributed by atoms with Gasteiger partial charge in [0.25, 0.3) is 0 Å². The third-order valence-corrected chi connectivity index (χ3v) is 7.56. The lowest BCUT2D eigenvalue weighted by atomic mass is 9.99. The van der Waals surface area contributed by atoms with Crippen molar-refractivity contribution in [2.75, 3.05) is 17.3 Å². The van der Waals surface area contributed by atoms with E-state index in [-0.39, 0.29) is 0 Å². The second-order valence-corrected chi connectivity index (χ2v) is 7.21. The van der Waals surface area contributed by atoms with Crippen molar-refractivity contribution in [1.29, 1.82) is 0 Å². The van der Waals surface area contributed by atoms with E-state index < -0.39 is 0 Å². The predicted molar refractivity (Wildman–Crippen MR) is 49.3 cm³/mol. The van der Waals surface area contributed by atoms with Crippen LogP contribution in [0.15, 0.2) is 0 Å². The molecule has 52 valence electrons. The summed E-state index contributed by atoms with van der Waals surface area (Å²) in [4.78, 5) is 0. The minimum atomic E-state index is 0.675. The van der Waals surface area contributed by atoms with E-state index >= 15 is 0 Å². The fourth-order valence-corrected chi connectivity index (χ4v) is 6.07. The molecule has 2 bridgehead atoms. The first-order valence-electron chi connectivity index (χ1n) is 3.13. The van der Waals surface area contributed by atoms with Gasteiger partial charge in [-0.2, -0.15) is 0 Å². The molecule has 0 spiro atoms. The van der Waals surface area contributed by atoms with Crippen molar-refractivity contribution in [2.45, 2.75) is 10.8 Å². The highest BCUT2D eigenvalue weighted by atomic mass is 32.3. The Bertz CT molecular complexity index is 102. The van der Waals surface area contributed by atoms with Crippen molar-refractivity contribution >= 4 is 35.3 Å². The Hall–Kier alpha value is 1.05. The van der Waals surface area contributed by atoms with Gasteiger partial charge < -0.3 is 0 Å². The standard InChI is InChI=1S/C6H10S3/c1-6-2-7-5(8-3-6)9-4-6/h5H,2-4H2,1H3. The van der Waals surface area contributed by atoms with Crippen LogP contribution in [0.4, 0.5) is 0 Å². The number of rotatable bonds is 0. The van der Waals surface area contributed by atoms with E-state index in [1.165, 1.54) is 17.3 Å². The summed E-state index contributed by atoms with van der Waals surface area (Å²) in [6.07, 6.45) is 0. The molecule has 0 amide bonds. The second kappa shape index (κ2) is 2.28. The molecule has 0 atom stereocenters. The monoisotopic (exact) mass is 178 g/mol. The molecule has 3 fully saturated rings. The van der Waals surface area contributed by atoms with Gasteiger partial charge in [-0.05, 0) is 5.41 Å². The van der Waals surface area contributed by atoms with Gasteiger partial charge in [-0.25, -0.2) is 0 Å². The van der Waals surface area contributed by atoms with Crippen LogP contribution in [0.25, 0.3) is 0 Å². The van der Waals surface area contributed by atoms with E-state index in [9.17, 15) is 0 Å². The van der Waals surface area contributed by atoms with Crippen molar-refractivity contribution in [2.24, 2.45) is 5.41 Å². The lowest BCUT2D eigenvalue weighted by Crippen LogP contribution is -2.36. The summed E-state index contributed by atoms with van der Waals surface area (Å²) in [5.74, 6) is 4.20. The van der Waals surface area contributed by atoms with Gasteiger partial charge in [0.1, 0.15) is 0 Å². The first-order valence-corrected chi connectivity index (χ1v) is 6.28. The van der Waals surface area contributed by atoms with Gasteiger partial charge in [-0.1, -0.05) is 6.92 Å². The van der Waals surface area contributed by atoms with Gasteiger partial charge in [0.05, 0.1) is 3.91 Å². The Morgan fingerprint density at radius 2 is 1.56 bits per heavy atom.